The van der Waals surface area contributed by atoms with E-state index in [2.05, 4.69) is 5.32 Å². The molecule has 0 fully saturated rings. The molecule has 17 heavy (non-hydrogen) atoms. The van der Waals surface area contributed by atoms with Crippen LogP contribution in [-0.2, 0) is 4.79 Å². The van der Waals surface area contributed by atoms with Crippen LogP contribution in [0.2, 0.25) is 0 Å². The van der Waals surface area contributed by atoms with Crippen molar-refractivity contribution >= 4 is 51.1 Å². The van der Waals surface area contributed by atoms with Gasteiger partial charge in [-0.1, -0.05) is 20.8 Å². The van der Waals surface area contributed by atoms with Crippen molar-refractivity contribution in [1.29, 1.82) is 0 Å². The second-order valence-corrected chi connectivity index (χ2v) is 10.1. The summed E-state index contributed by atoms with van der Waals surface area (Å²) in [6, 6.07) is 0. The summed E-state index contributed by atoms with van der Waals surface area (Å²) in [4.78, 5) is 12.4. The van der Waals surface area contributed by atoms with Crippen LogP contribution in [-0.4, -0.2) is 18.2 Å². The van der Waals surface area contributed by atoms with Crippen LogP contribution in [0.25, 0.3) is 0 Å². The highest BCUT2D eigenvalue weighted by Crippen LogP contribution is 2.38. The third-order valence-corrected chi connectivity index (χ3v) is 6.39. The zero-order chi connectivity index (χ0) is 13.9. The van der Waals surface area contributed by atoms with Crippen LogP contribution >= 0.6 is 45.2 Å². The van der Waals surface area contributed by atoms with E-state index < -0.39 is 7.15 Å². The minimum Gasteiger partial charge on any atom is -0.369 e. The Labute approximate surface area is 132 Å². The molecule has 0 atom stereocenters. The molecule has 0 spiro atoms. The van der Waals surface area contributed by atoms with E-state index in [0.29, 0.717) is 0 Å². The molecule has 2 N–H and O–H groups in total. The lowest BCUT2D eigenvalue weighted by atomic mass is 9.78. The zero-order valence-corrected chi connectivity index (χ0v) is 15.5. The minimum absolute atomic E-state index is 0.0433. The fourth-order valence-electron chi connectivity index (χ4n) is 1.72. The van der Waals surface area contributed by atoms with E-state index in [1.54, 1.807) is 0 Å². The number of hydrogen-bond donors (Lipinski definition) is 2. The molecule has 0 bridgehead atoms. The van der Waals surface area contributed by atoms with Crippen molar-refractivity contribution in [3.8, 4) is 0 Å². The number of amides is 1. The van der Waals surface area contributed by atoms with Gasteiger partial charge in [0.2, 0.25) is 5.91 Å². The Morgan fingerprint density at radius 1 is 1.12 bits per heavy atom. The van der Waals surface area contributed by atoms with Gasteiger partial charge in [-0.15, -0.1) is 0 Å². The summed E-state index contributed by atoms with van der Waals surface area (Å²) < 4.78 is -1.00. The molecule has 0 aliphatic rings. The lowest BCUT2D eigenvalue weighted by Gasteiger charge is -2.39. The van der Waals surface area contributed by atoms with Gasteiger partial charge in [-0.05, 0) is 78.3 Å². The molecule has 102 valence electrons. The van der Waals surface area contributed by atoms with E-state index in [1.807, 2.05) is 79.8 Å². The standard InChI is InChI=1S/C12H23I2NO2/c1-6-11(7-2,8-3)9(16)15-10(4,5)12(13,14)17/h17H,6-8H2,1-5H3,(H,15,16). The Morgan fingerprint density at radius 2 is 1.47 bits per heavy atom. The number of hydrogen-bond acceptors (Lipinski definition) is 2. The lowest BCUT2D eigenvalue weighted by Crippen LogP contribution is -2.58. The number of carbonyl (C=O) groups is 1. The predicted molar refractivity (Wildman–Crippen MR) is 88.5 cm³/mol. The van der Waals surface area contributed by atoms with E-state index in [-0.39, 0.29) is 11.3 Å². The van der Waals surface area contributed by atoms with Gasteiger partial charge in [0, 0.05) is 5.41 Å². The van der Waals surface area contributed by atoms with E-state index >= 15 is 0 Å². The molecular weight excluding hydrogens is 444 g/mol. The van der Waals surface area contributed by atoms with E-state index in [0.717, 1.165) is 19.3 Å². The third-order valence-electron chi connectivity index (χ3n) is 3.69. The van der Waals surface area contributed by atoms with Crippen molar-refractivity contribution < 1.29 is 9.90 Å². The van der Waals surface area contributed by atoms with Crippen LogP contribution in [0, 0.1) is 5.41 Å². The maximum atomic E-state index is 12.4. The van der Waals surface area contributed by atoms with Crippen molar-refractivity contribution in [3.05, 3.63) is 0 Å². The van der Waals surface area contributed by atoms with Crippen LogP contribution in [0.5, 0.6) is 0 Å². The van der Waals surface area contributed by atoms with Gasteiger partial charge < -0.3 is 10.4 Å². The smallest absolute Gasteiger partial charge is 0.226 e. The Morgan fingerprint density at radius 3 is 1.71 bits per heavy atom. The molecule has 5 heteroatoms. The van der Waals surface area contributed by atoms with Gasteiger partial charge in [0.1, 0.15) is 0 Å². The summed E-state index contributed by atoms with van der Waals surface area (Å²) in [6.07, 6.45) is 2.47. The number of aliphatic hydroxyl groups is 1. The molecule has 0 radical (unpaired) electrons. The van der Waals surface area contributed by atoms with Crippen LogP contribution in [0.15, 0.2) is 0 Å². The molecule has 0 aliphatic heterocycles. The molecule has 0 aromatic rings. The van der Waals surface area contributed by atoms with Crippen LogP contribution < -0.4 is 5.32 Å². The Kier molecular flexibility index (Phi) is 6.70. The van der Waals surface area contributed by atoms with E-state index in [1.165, 1.54) is 0 Å². The van der Waals surface area contributed by atoms with Gasteiger partial charge in [-0.3, -0.25) is 4.79 Å². The van der Waals surface area contributed by atoms with Crippen LogP contribution in [0.1, 0.15) is 53.9 Å². The fourth-order valence-corrected chi connectivity index (χ4v) is 1.99. The first kappa shape index (κ1) is 17.9. The van der Waals surface area contributed by atoms with Crippen molar-refractivity contribution in [3.63, 3.8) is 0 Å². The van der Waals surface area contributed by atoms with E-state index in [9.17, 15) is 9.90 Å². The first-order valence-corrected chi connectivity index (χ1v) is 8.15. The molecule has 0 rings (SSSR count). The predicted octanol–water partition coefficient (Wildman–Crippen LogP) is 3.61. The van der Waals surface area contributed by atoms with Gasteiger partial charge >= 0.3 is 0 Å². The minimum atomic E-state index is -1.00. The highest BCUT2D eigenvalue weighted by Gasteiger charge is 2.43. The number of carbonyl (C=O) groups excluding carboxylic acids is 1. The van der Waals surface area contributed by atoms with Crippen molar-refractivity contribution in [1.82, 2.24) is 5.32 Å². The first-order valence-electron chi connectivity index (χ1n) is 5.99. The monoisotopic (exact) mass is 467 g/mol. The highest BCUT2D eigenvalue weighted by molar-refractivity contribution is 14.2. The highest BCUT2D eigenvalue weighted by atomic mass is 127. The molecule has 0 saturated carbocycles. The first-order chi connectivity index (χ1) is 7.56. The lowest BCUT2D eigenvalue weighted by molar-refractivity contribution is -0.134. The van der Waals surface area contributed by atoms with Crippen molar-refractivity contribution in [2.75, 3.05) is 0 Å². The summed E-state index contributed by atoms with van der Waals surface area (Å²) in [6.45, 7) is 9.81. The van der Waals surface area contributed by atoms with Gasteiger partial charge in [-0.2, -0.15) is 0 Å². The largest absolute Gasteiger partial charge is 0.369 e. The molecule has 0 unspecified atom stereocenters. The molecule has 0 saturated heterocycles. The number of halogens is 2. The Balaban J connectivity index is 4.97. The molecule has 0 aromatic carbocycles. The molecule has 0 aromatic heterocycles. The average molecular weight is 467 g/mol. The van der Waals surface area contributed by atoms with Gasteiger partial charge in [-0.25, -0.2) is 0 Å². The van der Waals surface area contributed by atoms with Gasteiger partial charge in [0.15, 0.2) is 1.61 Å². The summed E-state index contributed by atoms with van der Waals surface area (Å²) >= 11 is 3.89. The number of nitrogens with one attached hydrogen (secondary N) is 1. The SMILES string of the molecule is CCC(CC)(CC)C(=O)NC(C)(C)C(O)(I)I. The maximum Gasteiger partial charge on any atom is 0.226 e. The third kappa shape index (κ3) is 4.19. The average Bonchev–Trinajstić information content (AvgIpc) is 2.18. The topological polar surface area (TPSA) is 49.3 Å². The number of alkyl halides is 2. The maximum absolute atomic E-state index is 12.4. The van der Waals surface area contributed by atoms with E-state index in [4.69, 9.17) is 0 Å². The van der Waals surface area contributed by atoms with Crippen molar-refractivity contribution in [2.45, 2.75) is 61.0 Å². The molecule has 0 heterocycles. The summed E-state index contributed by atoms with van der Waals surface area (Å²) in [7, 11) is 0. The second-order valence-electron chi connectivity index (χ2n) is 4.96. The molecular formula is C12H23I2NO2. The van der Waals surface area contributed by atoms with Gasteiger partial charge in [0.05, 0.1) is 5.54 Å². The van der Waals surface area contributed by atoms with Crippen molar-refractivity contribution in [2.24, 2.45) is 5.41 Å². The quantitative estimate of drug-likeness (QED) is 0.464. The molecule has 3 nitrogen and oxygen atoms in total. The summed E-state index contributed by atoms with van der Waals surface area (Å²) in [5.41, 5.74) is -0.967. The second kappa shape index (κ2) is 6.36. The Bertz CT molecular complexity index is 260. The normalized spacial score (nSPS) is 13.6. The Hall–Kier alpha value is 0.890. The summed E-state index contributed by atoms with van der Waals surface area (Å²) in [5, 5.41) is 13.0. The fraction of sp³-hybridized carbons (Fsp3) is 0.917. The van der Waals surface area contributed by atoms with Crippen LogP contribution in [0.3, 0.4) is 0 Å². The van der Waals surface area contributed by atoms with Crippen LogP contribution in [0.4, 0.5) is 0 Å². The summed E-state index contributed by atoms with van der Waals surface area (Å²) in [5.74, 6) is 0.0433. The number of rotatable bonds is 6. The molecule has 0 aliphatic carbocycles. The molecule has 1 amide bonds. The van der Waals surface area contributed by atoms with Gasteiger partial charge in [0.25, 0.3) is 0 Å². The zero-order valence-electron chi connectivity index (χ0n) is 11.2.